The Morgan fingerprint density at radius 3 is 2.58 bits per heavy atom. The second-order valence-electron chi connectivity index (χ2n) is 2.07. The molecule has 5 heteroatoms. The Bertz CT molecular complexity index is 299. The maximum atomic E-state index is 11.2. The van der Waals surface area contributed by atoms with E-state index in [0.29, 0.717) is 4.90 Å². The van der Waals surface area contributed by atoms with E-state index in [2.05, 4.69) is 4.98 Å². The van der Waals surface area contributed by atoms with E-state index in [1.165, 1.54) is 12.4 Å². The SMILES string of the molecule is O=C(O)CS(=O)c1ccncc1. The Hall–Kier alpha value is -1.23. The minimum Gasteiger partial charge on any atom is -0.481 e. The van der Waals surface area contributed by atoms with Crippen molar-refractivity contribution in [2.75, 3.05) is 5.75 Å². The van der Waals surface area contributed by atoms with Crippen LogP contribution in [0.2, 0.25) is 0 Å². The van der Waals surface area contributed by atoms with Gasteiger partial charge < -0.3 is 5.11 Å². The molecule has 0 aromatic carbocycles. The highest BCUT2D eigenvalue weighted by atomic mass is 32.2. The van der Waals surface area contributed by atoms with Crippen molar-refractivity contribution in [2.24, 2.45) is 0 Å². The predicted octanol–water partition coefficient (Wildman–Crippen LogP) is 0.274. The maximum absolute atomic E-state index is 11.2. The molecule has 0 fully saturated rings. The molecule has 0 saturated carbocycles. The van der Waals surface area contributed by atoms with Crippen LogP contribution in [0.5, 0.6) is 0 Å². The van der Waals surface area contributed by atoms with Gasteiger partial charge >= 0.3 is 5.97 Å². The van der Waals surface area contributed by atoms with Crippen molar-refractivity contribution in [3.8, 4) is 0 Å². The van der Waals surface area contributed by atoms with Crippen LogP contribution in [-0.2, 0) is 15.6 Å². The first-order chi connectivity index (χ1) is 5.70. The van der Waals surface area contributed by atoms with Crippen LogP contribution in [0.4, 0.5) is 0 Å². The molecule has 0 spiro atoms. The first kappa shape index (κ1) is 8.86. The standard InChI is InChI=1S/C7H7NO3S/c9-7(10)5-12(11)6-1-3-8-4-2-6/h1-4H,5H2,(H,9,10). The lowest BCUT2D eigenvalue weighted by Gasteiger charge is -1.96. The number of aromatic nitrogens is 1. The predicted molar refractivity (Wildman–Crippen MR) is 43.1 cm³/mol. The van der Waals surface area contributed by atoms with Gasteiger partial charge in [0.2, 0.25) is 0 Å². The molecule has 1 heterocycles. The van der Waals surface area contributed by atoms with Crippen molar-refractivity contribution in [2.45, 2.75) is 4.90 Å². The highest BCUT2D eigenvalue weighted by Gasteiger charge is 2.07. The topological polar surface area (TPSA) is 67.3 Å². The Kier molecular flexibility index (Phi) is 2.93. The third-order valence-corrected chi connectivity index (χ3v) is 2.47. The van der Waals surface area contributed by atoms with Gasteiger partial charge in [0.25, 0.3) is 0 Å². The first-order valence-electron chi connectivity index (χ1n) is 3.20. The van der Waals surface area contributed by atoms with Crippen LogP contribution in [0.1, 0.15) is 0 Å². The molecule has 1 rings (SSSR count). The Morgan fingerprint density at radius 2 is 2.08 bits per heavy atom. The molecule has 4 nitrogen and oxygen atoms in total. The molecular formula is C7H7NO3S. The van der Waals surface area contributed by atoms with Gasteiger partial charge in [0, 0.05) is 17.3 Å². The largest absolute Gasteiger partial charge is 0.481 e. The smallest absolute Gasteiger partial charge is 0.316 e. The molecule has 1 atom stereocenters. The summed E-state index contributed by atoms with van der Waals surface area (Å²) < 4.78 is 11.2. The van der Waals surface area contributed by atoms with Crippen molar-refractivity contribution in [1.29, 1.82) is 0 Å². The Balaban J connectivity index is 2.73. The fourth-order valence-corrected chi connectivity index (χ4v) is 1.50. The molecule has 0 amide bonds. The number of nitrogens with zero attached hydrogens (tertiary/aromatic N) is 1. The molecular weight excluding hydrogens is 178 g/mol. The van der Waals surface area contributed by atoms with Crippen molar-refractivity contribution in [3.05, 3.63) is 24.5 Å². The summed E-state index contributed by atoms with van der Waals surface area (Å²) in [6.45, 7) is 0. The lowest BCUT2D eigenvalue weighted by Crippen LogP contribution is -2.08. The zero-order chi connectivity index (χ0) is 8.97. The van der Waals surface area contributed by atoms with E-state index in [4.69, 9.17) is 5.11 Å². The number of carboxylic acids is 1. The summed E-state index contributed by atoms with van der Waals surface area (Å²) >= 11 is 0. The first-order valence-corrected chi connectivity index (χ1v) is 4.52. The number of aliphatic carboxylic acids is 1. The molecule has 1 N–H and O–H groups in total. The van der Waals surface area contributed by atoms with Gasteiger partial charge in [0.05, 0.1) is 10.8 Å². The van der Waals surface area contributed by atoms with Gasteiger partial charge in [-0.1, -0.05) is 0 Å². The maximum Gasteiger partial charge on any atom is 0.316 e. The summed E-state index contributed by atoms with van der Waals surface area (Å²) in [6.07, 6.45) is 2.96. The fourth-order valence-electron chi connectivity index (χ4n) is 0.685. The summed E-state index contributed by atoms with van der Waals surface area (Å²) in [4.78, 5) is 14.4. The number of carboxylic acid groups (broad SMARTS) is 1. The second kappa shape index (κ2) is 3.96. The van der Waals surface area contributed by atoms with Crippen LogP contribution in [0.25, 0.3) is 0 Å². The molecule has 0 radical (unpaired) electrons. The van der Waals surface area contributed by atoms with E-state index in [-0.39, 0.29) is 5.75 Å². The van der Waals surface area contributed by atoms with Crippen molar-refractivity contribution in [1.82, 2.24) is 4.98 Å². The Morgan fingerprint density at radius 1 is 1.50 bits per heavy atom. The zero-order valence-electron chi connectivity index (χ0n) is 6.14. The van der Waals surface area contributed by atoms with Gasteiger partial charge in [0.15, 0.2) is 0 Å². The molecule has 0 aliphatic carbocycles. The van der Waals surface area contributed by atoms with E-state index in [1.807, 2.05) is 0 Å². The van der Waals surface area contributed by atoms with Gasteiger partial charge in [-0.15, -0.1) is 0 Å². The normalized spacial score (nSPS) is 12.3. The van der Waals surface area contributed by atoms with Gasteiger partial charge in [-0.25, -0.2) is 0 Å². The zero-order valence-corrected chi connectivity index (χ0v) is 6.95. The van der Waals surface area contributed by atoms with Crippen LogP contribution in [-0.4, -0.2) is 26.0 Å². The number of rotatable bonds is 3. The van der Waals surface area contributed by atoms with Gasteiger partial charge in [-0.3, -0.25) is 14.0 Å². The lowest BCUT2D eigenvalue weighted by molar-refractivity contribution is -0.133. The molecule has 0 aliphatic rings. The van der Waals surface area contributed by atoms with Crippen LogP contribution < -0.4 is 0 Å². The molecule has 1 aromatic heterocycles. The molecule has 0 aliphatic heterocycles. The minimum absolute atomic E-state index is 0.357. The molecule has 1 unspecified atom stereocenters. The van der Waals surface area contributed by atoms with Gasteiger partial charge in [-0.2, -0.15) is 0 Å². The second-order valence-corrected chi connectivity index (χ2v) is 3.52. The van der Waals surface area contributed by atoms with E-state index in [9.17, 15) is 9.00 Å². The van der Waals surface area contributed by atoms with Crippen molar-refractivity contribution >= 4 is 16.8 Å². The number of carbonyl (C=O) groups is 1. The Labute approximate surface area is 71.7 Å². The molecule has 12 heavy (non-hydrogen) atoms. The number of pyridine rings is 1. The average molecular weight is 185 g/mol. The van der Waals surface area contributed by atoms with E-state index >= 15 is 0 Å². The quantitative estimate of drug-likeness (QED) is 0.734. The highest BCUT2D eigenvalue weighted by Crippen LogP contribution is 2.03. The van der Waals surface area contributed by atoms with Gasteiger partial charge in [-0.05, 0) is 12.1 Å². The van der Waals surface area contributed by atoms with Crippen LogP contribution in [0.15, 0.2) is 29.4 Å². The van der Waals surface area contributed by atoms with Crippen LogP contribution in [0.3, 0.4) is 0 Å². The molecule has 0 bridgehead atoms. The average Bonchev–Trinajstić information content (AvgIpc) is 2.05. The van der Waals surface area contributed by atoms with Crippen molar-refractivity contribution in [3.63, 3.8) is 0 Å². The number of hydrogen-bond acceptors (Lipinski definition) is 3. The molecule has 0 saturated heterocycles. The third kappa shape index (κ3) is 2.43. The minimum atomic E-state index is -1.45. The lowest BCUT2D eigenvalue weighted by atomic mass is 10.5. The molecule has 64 valence electrons. The summed E-state index contributed by atoms with van der Waals surface area (Å²) in [6, 6.07) is 3.08. The van der Waals surface area contributed by atoms with Crippen molar-refractivity contribution < 1.29 is 14.1 Å². The number of hydrogen-bond donors (Lipinski definition) is 1. The van der Waals surface area contributed by atoms with Gasteiger partial charge in [0.1, 0.15) is 5.75 Å². The summed E-state index contributed by atoms with van der Waals surface area (Å²) in [5.41, 5.74) is 0. The van der Waals surface area contributed by atoms with E-state index in [1.54, 1.807) is 12.1 Å². The third-order valence-electron chi connectivity index (χ3n) is 1.17. The monoisotopic (exact) mass is 185 g/mol. The summed E-state index contributed by atoms with van der Waals surface area (Å²) in [5, 5.41) is 8.34. The van der Waals surface area contributed by atoms with Crippen LogP contribution in [0, 0.1) is 0 Å². The van der Waals surface area contributed by atoms with Crippen LogP contribution >= 0.6 is 0 Å². The van der Waals surface area contributed by atoms with E-state index in [0.717, 1.165) is 0 Å². The highest BCUT2D eigenvalue weighted by molar-refractivity contribution is 7.85. The summed E-state index contributed by atoms with van der Waals surface area (Å²) in [5.74, 6) is -1.42. The summed E-state index contributed by atoms with van der Waals surface area (Å²) in [7, 11) is -1.45. The molecule has 1 aromatic rings. The fraction of sp³-hybridized carbons (Fsp3) is 0.143. The van der Waals surface area contributed by atoms with E-state index < -0.39 is 16.8 Å².